The third-order valence-electron chi connectivity index (χ3n) is 4.86. The number of anilines is 2. The van der Waals surface area contributed by atoms with Crippen molar-refractivity contribution in [3.63, 3.8) is 0 Å². The van der Waals surface area contributed by atoms with E-state index in [2.05, 4.69) is 20.8 Å². The number of hydrogen-bond donors (Lipinski definition) is 2. The van der Waals surface area contributed by atoms with Crippen LogP contribution >= 0.6 is 0 Å². The van der Waals surface area contributed by atoms with Crippen molar-refractivity contribution < 1.29 is 9.53 Å². The van der Waals surface area contributed by atoms with Gasteiger partial charge in [0.05, 0.1) is 12.8 Å². The number of fused-ring (bicyclic) bond motifs is 1. The zero-order chi connectivity index (χ0) is 18.1. The number of carbonyl (C=O) groups excluding carboxylic acids is 1. The molecule has 0 bridgehead atoms. The Hall–Kier alpha value is -3.09. The number of rotatable bonds is 4. The predicted molar refractivity (Wildman–Crippen MR) is 100.0 cm³/mol. The van der Waals surface area contributed by atoms with Crippen LogP contribution in [-0.2, 0) is 0 Å². The maximum atomic E-state index is 12.4. The summed E-state index contributed by atoms with van der Waals surface area (Å²) in [5, 5.41) is 14.3. The van der Waals surface area contributed by atoms with E-state index in [1.807, 2.05) is 47.9 Å². The van der Waals surface area contributed by atoms with E-state index in [1.165, 1.54) is 6.42 Å². The van der Waals surface area contributed by atoms with Crippen molar-refractivity contribution in [1.82, 2.24) is 14.6 Å². The zero-order valence-corrected chi connectivity index (χ0v) is 14.8. The summed E-state index contributed by atoms with van der Waals surface area (Å²) in [5.41, 5.74) is 2.95. The number of benzene rings is 1. The van der Waals surface area contributed by atoms with Crippen LogP contribution in [-0.4, -0.2) is 27.7 Å². The molecule has 0 spiro atoms. The third kappa shape index (κ3) is 2.96. The van der Waals surface area contributed by atoms with E-state index in [1.54, 1.807) is 7.11 Å². The van der Waals surface area contributed by atoms with Crippen molar-refractivity contribution in [3.05, 3.63) is 47.9 Å². The molecule has 3 aromatic rings. The molecule has 7 heteroatoms. The minimum absolute atomic E-state index is 0.320. The number of urea groups is 1. The van der Waals surface area contributed by atoms with E-state index in [4.69, 9.17) is 4.74 Å². The SMILES string of the molecule is COc1ccc(NC(=O)Nc2cccn3c(C4CCC4)nnc23)c(C)c1. The predicted octanol–water partition coefficient (Wildman–Crippen LogP) is 3.96. The Balaban J connectivity index is 1.53. The molecule has 2 amide bonds. The lowest BCUT2D eigenvalue weighted by Crippen LogP contribution is -2.20. The Kier molecular flexibility index (Phi) is 4.20. The quantitative estimate of drug-likeness (QED) is 0.745. The van der Waals surface area contributed by atoms with Crippen molar-refractivity contribution in [2.75, 3.05) is 17.7 Å². The Morgan fingerprint density at radius 3 is 2.69 bits per heavy atom. The number of methoxy groups -OCH3 is 1. The van der Waals surface area contributed by atoms with Gasteiger partial charge in [-0.15, -0.1) is 10.2 Å². The molecule has 4 rings (SSSR count). The van der Waals surface area contributed by atoms with Crippen LogP contribution < -0.4 is 15.4 Å². The van der Waals surface area contributed by atoms with E-state index in [0.29, 0.717) is 17.3 Å². The first kappa shape index (κ1) is 16.4. The summed E-state index contributed by atoms with van der Waals surface area (Å²) in [6.07, 6.45) is 5.48. The molecule has 26 heavy (non-hydrogen) atoms. The highest BCUT2D eigenvalue weighted by atomic mass is 16.5. The molecule has 0 atom stereocenters. The molecule has 1 aromatic carbocycles. The fourth-order valence-electron chi connectivity index (χ4n) is 3.16. The fourth-order valence-corrected chi connectivity index (χ4v) is 3.16. The Morgan fingerprint density at radius 2 is 2.00 bits per heavy atom. The van der Waals surface area contributed by atoms with Crippen LogP contribution in [0, 0.1) is 6.92 Å². The number of carbonyl (C=O) groups is 1. The average Bonchev–Trinajstić information content (AvgIpc) is 3.00. The van der Waals surface area contributed by atoms with Crippen molar-refractivity contribution in [1.29, 1.82) is 0 Å². The summed E-state index contributed by atoms with van der Waals surface area (Å²) in [7, 11) is 1.62. The fraction of sp³-hybridized carbons (Fsp3) is 0.316. The van der Waals surface area contributed by atoms with Crippen molar-refractivity contribution in [3.8, 4) is 5.75 Å². The zero-order valence-electron chi connectivity index (χ0n) is 14.8. The van der Waals surface area contributed by atoms with Crippen LogP contribution in [0.1, 0.15) is 36.6 Å². The molecule has 1 fully saturated rings. The standard InChI is InChI=1S/C19H21N5O2/c1-12-11-14(26-2)8-9-15(12)20-19(25)21-16-7-4-10-24-17(13-5-3-6-13)22-23-18(16)24/h4,7-11,13H,3,5-6H2,1-2H3,(H2,20,21,25). The van der Waals surface area contributed by atoms with Crippen molar-refractivity contribution >= 4 is 23.1 Å². The average molecular weight is 351 g/mol. The lowest BCUT2D eigenvalue weighted by molar-refractivity contribution is 0.262. The van der Waals surface area contributed by atoms with Crippen LogP contribution in [0.3, 0.4) is 0 Å². The van der Waals surface area contributed by atoms with Gasteiger partial charge in [-0.05, 0) is 55.7 Å². The normalized spacial score (nSPS) is 14.1. The van der Waals surface area contributed by atoms with E-state index >= 15 is 0 Å². The van der Waals surface area contributed by atoms with Crippen molar-refractivity contribution in [2.45, 2.75) is 32.1 Å². The summed E-state index contributed by atoms with van der Waals surface area (Å²) in [6.45, 7) is 1.92. The molecule has 1 saturated carbocycles. The number of aromatic nitrogens is 3. The molecule has 134 valence electrons. The molecule has 0 saturated heterocycles. The van der Waals surface area contributed by atoms with Gasteiger partial charge in [-0.1, -0.05) is 6.42 Å². The number of amides is 2. The third-order valence-corrected chi connectivity index (χ3v) is 4.86. The number of nitrogens with one attached hydrogen (secondary N) is 2. The van der Waals surface area contributed by atoms with E-state index < -0.39 is 0 Å². The lowest BCUT2D eigenvalue weighted by Gasteiger charge is -2.23. The van der Waals surface area contributed by atoms with Gasteiger partial charge in [0.2, 0.25) is 0 Å². The highest BCUT2D eigenvalue weighted by molar-refractivity contribution is 6.02. The topological polar surface area (TPSA) is 80.5 Å². The monoisotopic (exact) mass is 351 g/mol. The minimum Gasteiger partial charge on any atom is -0.497 e. The minimum atomic E-state index is -0.320. The van der Waals surface area contributed by atoms with Gasteiger partial charge in [0, 0.05) is 17.8 Å². The summed E-state index contributed by atoms with van der Waals surface area (Å²) in [6, 6.07) is 8.91. The Bertz CT molecular complexity index is 962. The van der Waals surface area contributed by atoms with Gasteiger partial charge in [0.25, 0.3) is 0 Å². The number of aryl methyl sites for hydroxylation is 1. The van der Waals surface area contributed by atoms with Crippen LogP contribution in [0.2, 0.25) is 0 Å². The first-order valence-electron chi connectivity index (χ1n) is 8.72. The van der Waals surface area contributed by atoms with Crippen LogP contribution in [0.5, 0.6) is 5.75 Å². The molecule has 7 nitrogen and oxygen atoms in total. The van der Waals surface area contributed by atoms with Crippen molar-refractivity contribution in [2.24, 2.45) is 0 Å². The molecule has 2 aromatic heterocycles. The van der Waals surface area contributed by atoms with Crippen LogP contribution in [0.15, 0.2) is 36.5 Å². The lowest BCUT2D eigenvalue weighted by atomic mass is 9.85. The first-order chi connectivity index (χ1) is 12.7. The molecule has 1 aliphatic carbocycles. The molecule has 0 radical (unpaired) electrons. The van der Waals surface area contributed by atoms with E-state index in [-0.39, 0.29) is 6.03 Å². The van der Waals surface area contributed by atoms with Gasteiger partial charge >= 0.3 is 6.03 Å². The van der Waals surface area contributed by atoms with Gasteiger partial charge in [-0.25, -0.2) is 4.79 Å². The van der Waals surface area contributed by atoms with E-state index in [0.717, 1.165) is 35.7 Å². The molecule has 0 unspecified atom stereocenters. The first-order valence-corrected chi connectivity index (χ1v) is 8.72. The largest absolute Gasteiger partial charge is 0.497 e. The van der Waals surface area contributed by atoms with Gasteiger partial charge in [-0.3, -0.25) is 4.40 Å². The van der Waals surface area contributed by atoms with Gasteiger partial charge in [0.15, 0.2) is 5.65 Å². The summed E-state index contributed by atoms with van der Waals surface area (Å²) in [4.78, 5) is 12.4. The Morgan fingerprint density at radius 1 is 1.19 bits per heavy atom. The molecule has 1 aliphatic rings. The maximum absolute atomic E-state index is 12.4. The molecule has 0 aliphatic heterocycles. The van der Waals surface area contributed by atoms with Gasteiger partial charge < -0.3 is 15.4 Å². The number of nitrogens with zero attached hydrogens (tertiary/aromatic N) is 3. The highest BCUT2D eigenvalue weighted by Crippen LogP contribution is 2.35. The number of hydrogen-bond acceptors (Lipinski definition) is 4. The maximum Gasteiger partial charge on any atom is 0.323 e. The highest BCUT2D eigenvalue weighted by Gasteiger charge is 2.25. The Labute approximate surface area is 151 Å². The molecule has 2 heterocycles. The van der Waals surface area contributed by atoms with Gasteiger partial charge in [0.1, 0.15) is 11.6 Å². The second kappa shape index (κ2) is 6.67. The summed E-state index contributed by atoms with van der Waals surface area (Å²) in [5.74, 6) is 2.20. The van der Waals surface area contributed by atoms with E-state index in [9.17, 15) is 4.79 Å². The van der Waals surface area contributed by atoms with Crippen LogP contribution in [0.4, 0.5) is 16.2 Å². The molecular formula is C19H21N5O2. The molecular weight excluding hydrogens is 330 g/mol. The second-order valence-corrected chi connectivity index (χ2v) is 6.56. The number of pyridine rings is 1. The number of ether oxygens (including phenoxy) is 1. The second-order valence-electron chi connectivity index (χ2n) is 6.56. The van der Waals surface area contributed by atoms with Gasteiger partial charge in [-0.2, -0.15) is 0 Å². The molecule has 2 N–H and O–H groups in total. The smallest absolute Gasteiger partial charge is 0.323 e. The summed E-state index contributed by atoms with van der Waals surface area (Å²) >= 11 is 0. The van der Waals surface area contributed by atoms with Crippen LogP contribution in [0.25, 0.3) is 5.65 Å². The summed E-state index contributed by atoms with van der Waals surface area (Å²) < 4.78 is 7.16.